The molecule has 24 heavy (non-hydrogen) atoms. The molecule has 0 saturated carbocycles. The number of alkyl halides is 3. The highest BCUT2D eigenvalue weighted by Gasteiger charge is 2.26. The Morgan fingerprint density at radius 2 is 2.00 bits per heavy atom. The van der Waals surface area contributed by atoms with Crippen LogP contribution in [0, 0.1) is 0 Å². The Kier molecular flexibility index (Phi) is 6.57. The maximum absolute atomic E-state index is 12.2. The lowest BCUT2D eigenvalue weighted by molar-refractivity contribution is -0.132. The van der Waals surface area contributed by atoms with Crippen LogP contribution in [0.3, 0.4) is 0 Å². The summed E-state index contributed by atoms with van der Waals surface area (Å²) in [6.07, 6.45) is -4.29. The highest BCUT2D eigenvalue weighted by molar-refractivity contribution is 5.79. The standard InChI is InChI=1S/C16H22F3N3O2/c1-2-20-15(21-8-7-16(17,18)19)22-11-12-5-3-6-13-14(12)24-10-4-9-23-13/h3,5-6H,2,4,7-11H2,1H3,(H2,20,21,22). The average Bonchev–Trinajstić information content (AvgIpc) is 2.77. The summed E-state index contributed by atoms with van der Waals surface area (Å²) in [6.45, 7) is 3.64. The number of benzene rings is 1. The van der Waals surface area contributed by atoms with E-state index in [9.17, 15) is 13.2 Å². The van der Waals surface area contributed by atoms with Crippen LogP contribution in [0.5, 0.6) is 11.5 Å². The number of rotatable bonds is 5. The van der Waals surface area contributed by atoms with E-state index in [1.807, 2.05) is 25.1 Å². The van der Waals surface area contributed by atoms with Crippen LogP contribution < -0.4 is 20.1 Å². The van der Waals surface area contributed by atoms with Gasteiger partial charge in [0.1, 0.15) is 0 Å². The molecule has 134 valence electrons. The molecule has 0 amide bonds. The van der Waals surface area contributed by atoms with Gasteiger partial charge in [-0.2, -0.15) is 13.2 Å². The molecule has 1 aliphatic heterocycles. The van der Waals surface area contributed by atoms with Crippen LogP contribution in [0.4, 0.5) is 13.2 Å². The van der Waals surface area contributed by atoms with E-state index in [1.165, 1.54) is 0 Å². The van der Waals surface area contributed by atoms with Crippen molar-refractivity contribution in [3.05, 3.63) is 23.8 Å². The van der Waals surface area contributed by atoms with Crippen LogP contribution in [0.1, 0.15) is 25.3 Å². The predicted molar refractivity (Wildman–Crippen MR) is 85.5 cm³/mol. The van der Waals surface area contributed by atoms with Crippen molar-refractivity contribution in [1.29, 1.82) is 0 Å². The number of aliphatic imine (C=N–C) groups is 1. The molecule has 0 unspecified atom stereocenters. The highest BCUT2D eigenvalue weighted by atomic mass is 19.4. The molecule has 5 nitrogen and oxygen atoms in total. The van der Waals surface area contributed by atoms with E-state index in [0.717, 1.165) is 12.0 Å². The first-order chi connectivity index (χ1) is 11.5. The molecule has 0 aromatic heterocycles. The van der Waals surface area contributed by atoms with Gasteiger partial charge < -0.3 is 20.1 Å². The SMILES string of the molecule is CCNC(=NCc1cccc2c1OCCCO2)NCCC(F)(F)F. The van der Waals surface area contributed by atoms with Crippen LogP contribution in [0.25, 0.3) is 0 Å². The molecule has 0 spiro atoms. The third-order valence-corrected chi connectivity index (χ3v) is 3.31. The van der Waals surface area contributed by atoms with E-state index in [4.69, 9.17) is 9.47 Å². The lowest BCUT2D eigenvalue weighted by atomic mass is 10.2. The Morgan fingerprint density at radius 3 is 2.75 bits per heavy atom. The summed E-state index contributed by atoms with van der Waals surface area (Å²) in [6, 6.07) is 5.55. The van der Waals surface area contributed by atoms with Crippen molar-refractivity contribution < 1.29 is 22.6 Å². The number of guanidine groups is 1. The second-order valence-corrected chi connectivity index (χ2v) is 5.28. The first kappa shape index (κ1) is 18.2. The number of fused-ring (bicyclic) bond motifs is 1. The fraction of sp³-hybridized carbons (Fsp3) is 0.562. The monoisotopic (exact) mass is 345 g/mol. The Balaban J connectivity index is 2.03. The zero-order chi connectivity index (χ0) is 17.4. The minimum Gasteiger partial charge on any atom is -0.490 e. The van der Waals surface area contributed by atoms with E-state index < -0.39 is 12.6 Å². The highest BCUT2D eigenvalue weighted by Crippen LogP contribution is 2.33. The summed E-state index contributed by atoms with van der Waals surface area (Å²) >= 11 is 0. The largest absolute Gasteiger partial charge is 0.490 e. The van der Waals surface area contributed by atoms with Gasteiger partial charge in [-0.3, -0.25) is 0 Å². The van der Waals surface area contributed by atoms with Crippen LogP contribution in [-0.2, 0) is 6.54 Å². The maximum atomic E-state index is 12.2. The summed E-state index contributed by atoms with van der Waals surface area (Å²) < 4.78 is 48.0. The van der Waals surface area contributed by atoms with Crippen LogP contribution in [0.15, 0.2) is 23.2 Å². The Labute approximate surface area is 139 Å². The number of hydrogen-bond donors (Lipinski definition) is 2. The third kappa shape index (κ3) is 5.82. The fourth-order valence-corrected chi connectivity index (χ4v) is 2.21. The second-order valence-electron chi connectivity index (χ2n) is 5.28. The van der Waals surface area contributed by atoms with Crippen molar-refractivity contribution in [2.75, 3.05) is 26.3 Å². The Bertz CT molecular complexity index is 562. The molecule has 8 heteroatoms. The molecule has 0 bridgehead atoms. The average molecular weight is 345 g/mol. The van der Waals surface area contributed by atoms with Crippen molar-refractivity contribution in [2.24, 2.45) is 4.99 Å². The van der Waals surface area contributed by atoms with Gasteiger partial charge in [-0.05, 0) is 13.0 Å². The molecule has 1 aromatic rings. The molecule has 1 heterocycles. The summed E-state index contributed by atoms with van der Waals surface area (Å²) in [4.78, 5) is 4.33. The summed E-state index contributed by atoms with van der Waals surface area (Å²) in [7, 11) is 0. The molecule has 2 rings (SSSR count). The van der Waals surface area contributed by atoms with Crippen molar-refractivity contribution in [2.45, 2.75) is 32.5 Å². The van der Waals surface area contributed by atoms with Gasteiger partial charge >= 0.3 is 6.18 Å². The summed E-state index contributed by atoms with van der Waals surface area (Å²) in [5, 5.41) is 5.62. The number of nitrogens with one attached hydrogen (secondary N) is 2. The van der Waals surface area contributed by atoms with Crippen LogP contribution in [0.2, 0.25) is 0 Å². The van der Waals surface area contributed by atoms with E-state index in [2.05, 4.69) is 15.6 Å². The van der Waals surface area contributed by atoms with Gasteiger partial charge in [-0.25, -0.2) is 4.99 Å². The molecule has 1 aliphatic rings. The van der Waals surface area contributed by atoms with Crippen molar-refractivity contribution in [1.82, 2.24) is 10.6 Å². The van der Waals surface area contributed by atoms with Gasteiger partial charge in [-0.1, -0.05) is 12.1 Å². The Morgan fingerprint density at radius 1 is 1.21 bits per heavy atom. The van der Waals surface area contributed by atoms with Crippen molar-refractivity contribution >= 4 is 5.96 Å². The quantitative estimate of drug-likeness (QED) is 0.636. The van der Waals surface area contributed by atoms with Gasteiger partial charge in [0.15, 0.2) is 17.5 Å². The minimum absolute atomic E-state index is 0.220. The molecule has 1 aromatic carbocycles. The zero-order valence-corrected chi connectivity index (χ0v) is 13.6. The minimum atomic E-state index is -4.19. The predicted octanol–water partition coefficient (Wildman–Crippen LogP) is 2.86. The molecule has 2 N–H and O–H groups in total. The topological polar surface area (TPSA) is 54.9 Å². The maximum Gasteiger partial charge on any atom is 0.390 e. The van der Waals surface area contributed by atoms with E-state index in [0.29, 0.717) is 37.2 Å². The number of hydrogen-bond acceptors (Lipinski definition) is 3. The van der Waals surface area contributed by atoms with Crippen LogP contribution >= 0.6 is 0 Å². The fourth-order valence-electron chi connectivity index (χ4n) is 2.21. The van der Waals surface area contributed by atoms with Gasteiger partial charge in [-0.15, -0.1) is 0 Å². The van der Waals surface area contributed by atoms with Crippen molar-refractivity contribution in [3.63, 3.8) is 0 Å². The number of ether oxygens (including phenoxy) is 2. The number of halogens is 3. The summed E-state index contributed by atoms with van der Waals surface area (Å²) in [5.74, 6) is 1.68. The second kappa shape index (κ2) is 8.65. The van der Waals surface area contributed by atoms with E-state index >= 15 is 0 Å². The van der Waals surface area contributed by atoms with Crippen molar-refractivity contribution in [3.8, 4) is 11.5 Å². The van der Waals surface area contributed by atoms with Gasteiger partial charge in [0.2, 0.25) is 0 Å². The third-order valence-electron chi connectivity index (χ3n) is 3.31. The molecule has 0 atom stereocenters. The first-order valence-electron chi connectivity index (χ1n) is 7.96. The van der Waals surface area contributed by atoms with E-state index in [1.54, 1.807) is 0 Å². The molecular weight excluding hydrogens is 323 g/mol. The molecule has 0 fully saturated rings. The van der Waals surface area contributed by atoms with Crippen LogP contribution in [-0.4, -0.2) is 38.4 Å². The lowest BCUT2D eigenvalue weighted by Gasteiger charge is -2.14. The normalized spacial score (nSPS) is 14.9. The Hall–Kier alpha value is -2.12. The zero-order valence-electron chi connectivity index (χ0n) is 13.6. The van der Waals surface area contributed by atoms with Gasteiger partial charge in [0.05, 0.1) is 26.2 Å². The molecule has 0 saturated heterocycles. The number of nitrogens with zero attached hydrogens (tertiary/aromatic N) is 1. The van der Waals surface area contributed by atoms with E-state index in [-0.39, 0.29) is 13.1 Å². The van der Waals surface area contributed by atoms with Gasteiger partial charge in [0, 0.05) is 25.1 Å². The lowest BCUT2D eigenvalue weighted by Crippen LogP contribution is -2.38. The smallest absolute Gasteiger partial charge is 0.390 e. The molecule has 0 radical (unpaired) electrons. The van der Waals surface area contributed by atoms with Gasteiger partial charge in [0.25, 0.3) is 0 Å². The first-order valence-corrected chi connectivity index (χ1v) is 7.96. The number of para-hydroxylation sites is 1. The summed E-state index contributed by atoms with van der Waals surface area (Å²) in [5.41, 5.74) is 0.836. The molecule has 0 aliphatic carbocycles. The molecular formula is C16H22F3N3O2.